The van der Waals surface area contributed by atoms with Crippen LogP contribution < -0.4 is 5.32 Å². The van der Waals surface area contributed by atoms with Crippen molar-refractivity contribution < 1.29 is 13.9 Å². The molecule has 0 aliphatic carbocycles. The second-order valence-corrected chi connectivity index (χ2v) is 8.19. The highest BCUT2D eigenvalue weighted by atomic mass is 16.5. The molecule has 4 heterocycles. The number of hydrogen-bond acceptors (Lipinski definition) is 4. The Morgan fingerprint density at radius 2 is 2.15 bits per heavy atom. The van der Waals surface area contributed by atoms with E-state index in [-0.39, 0.29) is 6.10 Å². The Morgan fingerprint density at radius 3 is 2.93 bits per heavy atom. The Balaban J connectivity index is 1.37. The van der Waals surface area contributed by atoms with Crippen molar-refractivity contribution in [2.24, 2.45) is 10.4 Å². The number of hydrogen-bond donors (Lipinski definition) is 1. The highest BCUT2D eigenvalue weighted by Gasteiger charge is 2.40. The molecule has 6 nitrogen and oxygen atoms in total. The van der Waals surface area contributed by atoms with Crippen LogP contribution in [0.3, 0.4) is 0 Å². The van der Waals surface area contributed by atoms with Gasteiger partial charge in [0, 0.05) is 45.9 Å². The van der Waals surface area contributed by atoms with Crippen LogP contribution in [0.25, 0.3) is 0 Å². The molecule has 3 saturated heterocycles. The van der Waals surface area contributed by atoms with Gasteiger partial charge in [-0.25, -0.2) is 0 Å². The van der Waals surface area contributed by atoms with E-state index >= 15 is 0 Å². The molecule has 4 rings (SSSR count). The largest absolute Gasteiger partial charge is 0.469 e. The zero-order valence-corrected chi connectivity index (χ0v) is 16.3. The highest BCUT2D eigenvalue weighted by molar-refractivity contribution is 5.80. The van der Waals surface area contributed by atoms with Crippen molar-refractivity contribution in [2.75, 3.05) is 46.0 Å². The van der Waals surface area contributed by atoms with E-state index in [1.165, 1.54) is 32.1 Å². The zero-order valence-electron chi connectivity index (χ0n) is 16.3. The third kappa shape index (κ3) is 5.05. The minimum atomic E-state index is 0.278. The molecule has 0 saturated carbocycles. The maximum absolute atomic E-state index is 5.88. The van der Waals surface area contributed by atoms with Gasteiger partial charge >= 0.3 is 0 Å². The number of nitrogens with one attached hydrogen (secondary N) is 1. The number of rotatable bonds is 5. The molecule has 3 aliphatic rings. The Labute approximate surface area is 162 Å². The predicted octanol–water partition coefficient (Wildman–Crippen LogP) is 2.84. The first kappa shape index (κ1) is 18.8. The van der Waals surface area contributed by atoms with Crippen molar-refractivity contribution in [3.63, 3.8) is 0 Å². The van der Waals surface area contributed by atoms with Crippen molar-refractivity contribution >= 4 is 5.96 Å². The van der Waals surface area contributed by atoms with Gasteiger partial charge < -0.3 is 24.1 Å². The van der Waals surface area contributed by atoms with Crippen molar-refractivity contribution in [2.45, 2.75) is 51.0 Å². The summed E-state index contributed by atoms with van der Waals surface area (Å²) in [7, 11) is 0. The van der Waals surface area contributed by atoms with Gasteiger partial charge in [0.05, 0.1) is 18.9 Å². The molecule has 1 aromatic rings. The number of guanidine groups is 1. The molecule has 1 N–H and O–H groups in total. The molecule has 6 heteroatoms. The minimum Gasteiger partial charge on any atom is -0.469 e. The van der Waals surface area contributed by atoms with E-state index in [9.17, 15) is 0 Å². The Morgan fingerprint density at radius 1 is 1.22 bits per heavy atom. The van der Waals surface area contributed by atoms with Crippen LogP contribution in [0.2, 0.25) is 0 Å². The number of ether oxygens (including phenoxy) is 2. The maximum atomic E-state index is 5.88. The van der Waals surface area contributed by atoms with E-state index in [1.54, 1.807) is 6.26 Å². The molecule has 0 amide bonds. The van der Waals surface area contributed by atoms with Crippen molar-refractivity contribution in [3.8, 4) is 0 Å². The monoisotopic (exact) mass is 375 g/mol. The van der Waals surface area contributed by atoms with Crippen LogP contribution in [-0.2, 0) is 15.9 Å². The maximum Gasteiger partial charge on any atom is 0.194 e. The SMILES string of the molecule is c1coc(CCNC(=NCC2CCCCO2)N2CCC3(CCOCC3)C2)c1. The fourth-order valence-corrected chi connectivity index (χ4v) is 4.49. The Bertz CT molecular complexity index is 590. The summed E-state index contributed by atoms with van der Waals surface area (Å²) in [6.45, 7) is 6.46. The third-order valence-corrected chi connectivity index (χ3v) is 6.24. The summed E-state index contributed by atoms with van der Waals surface area (Å²) in [5, 5.41) is 3.59. The van der Waals surface area contributed by atoms with Gasteiger partial charge in [0.1, 0.15) is 5.76 Å². The molecule has 0 bridgehead atoms. The summed E-state index contributed by atoms with van der Waals surface area (Å²) >= 11 is 0. The van der Waals surface area contributed by atoms with Gasteiger partial charge in [0.2, 0.25) is 0 Å². The minimum absolute atomic E-state index is 0.278. The number of nitrogens with zero attached hydrogens (tertiary/aromatic N) is 2. The van der Waals surface area contributed by atoms with Crippen LogP contribution in [-0.4, -0.2) is 63.0 Å². The molecule has 1 atom stereocenters. The average Bonchev–Trinajstić information content (AvgIpc) is 3.37. The molecule has 0 radical (unpaired) electrons. The Hall–Kier alpha value is -1.53. The van der Waals surface area contributed by atoms with E-state index in [2.05, 4.69) is 10.2 Å². The van der Waals surface area contributed by atoms with Gasteiger partial charge in [-0.05, 0) is 56.1 Å². The van der Waals surface area contributed by atoms with Crippen molar-refractivity contribution in [3.05, 3.63) is 24.2 Å². The summed E-state index contributed by atoms with van der Waals surface area (Å²) in [6.07, 6.45) is 10.1. The first-order valence-corrected chi connectivity index (χ1v) is 10.6. The summed E-state index contributed by atoms with van der Waals surface area (Å²) in [5.74, 6) is 2.05. The van der Waals surface area contributed by atoms with Crippen molar-refractivity contribution in [1.82, 2.24) is 10.2 Å². The second-order valence-electron chi connectivity index (χ2n) is 8.19. The molecule has 150 valence electrons. The summed E-state index contributed by atoms with van der Waals surface area (Å²) in [5.41, 5.74) is 0.420. The van der Waals surface area contributed by atoms with Gasteiger partial charge in [-0.2, -0.15) is 0 Å². The lowest BCUT2D eigenvalue weighted by molar-refractivity contribution is 0.0209. The smallest absolute Gasteiger partial charge is 0.194 e. The van der Waals surface area contributed by atoms with Crippen molar-refractivity contribution in [1.29, 1.82) is 0 Å². The van der Waals surface area contributed by atoms with Crippen LogP contribution in [0.5, 0.6) is 0 Å². The lowest BCUT2D eigenvalue weighted by atomic mass is 9.80. The van der Waals surface area contributed by atoms with Gasteiger partial charge in [0.25, 0.3) is 0 Å². The van der Waals surface area contributed by atoms with E-state index in [4.69, 9.17) is 18.9 Å². The van der Waals surface area contributed by atoms with Crippen LogP contribution in [0.1, 0.15) is 44.3 Å². The lowest BCUT2D eigenvalue weighted by Crippen LogP contribution is -2.43. The van der Waals surface area contributed by atoms with Gasteiger partial charge in [-0.3, -0.25) is 4.99 Å². The molecule has 1 unspecified atom stereocenters. The molecule has 3 aliphatic heterocycles. The number of likely N-dealkylation sites (tertiary alicyclic amines) is 1. The Kier molecular flexibility index (Phi) is 6.35. The fraction of sp³-hybridized carbons (Fsp3) is 0.762. The van der Waals surface area contributed by atoms with Crippen LogP contribution in [0.15, 0.2) is 27.8 Å². The molecule has 3 fully saturated rings. The van der Waals surface area contributed by atoms with Gasteiger partial charge in [-0.1, -0.05) is 0 Å². The van der Waals surface area contributed by atoms with E-state index in [0.29, 0.717) is 5.41 Å². The summed E-state index contributed by atoms with van der Waals surface area (Å²) in [6, 6.07) is 3.97. The molecule has 0 aromatic carbocycles. The highest BCUT2D eigenvalue weighted by Crippen LogP contribution is 2.39. The fourth-order valence-electron chi connectivity index (χ4n) is 4.49. The van der Waals surface area contributed by atoms with Gasteiger partial charge in [0.15, 0.2) is 5.96 Å². The molecule has 1 spiro atoms. The number of aliphatic imine (C=N–C) groups is 1. The number of furan rings is 1. The standard InChI is InChI=1S/C21H33N3O3/c1-2-12-27-19(4-1)16-23-20(22-10-6-18-5-3-13-26-18)24-11-7-21(17-24)8-14-25-15-9-21/h3,5,13,19H,1-2,4,6-12,14-17H2,(H,22,23). The summed E-state index contributed by atoms with van der Waals surface area (Å²) in [4.78, 5) is 7.43. The second kappa shape index (κ2) is 9.11. The van der Waals surface area contributed by atoms with Crippen LogP contribution in [0.4, 0.5) is 0 Å². The molecular weight excluding hydrogens is 342 g/mol. The zero-order chi connectivity index (χ0) is 18.4. The molecule has 1 aromatic heterocycles. The quantitative estimate of drug-likeness (QED) is 0.633. The normalized spacial score (nSPS) is 25.9. The topological polar surface area (TPSA) is 59.2 Å². The molecule has 27 heavy (non-hydrogen) atoms. The van der Waals surface area contributed by atoms with Gasteiger partial charge in [-0.15, -0.1) is 0 Å². The predicted molar refractivity (Wildman–Crippen MR) is 105 cm³/mol. The first-order valence-electron chi connectivity index (χ1n) is 10.6. The van der Waals surface area contributed by atoms with Crippen LogP contribution in [0, 0.1) is 5.41 Å². The lowest BCUT2D eigenvalue weighted by Gasteiger charge is -2.33. The summed E-state index contributed by atoms with van der Waals surface area (Å²) < 4.78 is 16.9. The van der Waals surface area contributed by atoms with E-state index < -0.39 is 0 Å². The van der Waals surface area contributed by atoms with E-state index in [0.717, 1.165) is 70.6 Å². The average molecular weight is 376 g/mol. The first-order chi connectivity index (χ1) is 13.3. The third-order valence-electron chi connectivity index (χ3n) is 6.24. The van der Waals surface area contributed by atoms with E-state index in [1.807, 2.05) is 12.1 Å². The van der Waals surface area contributed by atoms with Crippen LogP contribution >= 0.6 is 0 Å². The molecular formula is C21H33N3O3.